The van der Waals surface area contributed by atoms with Gasteiger partial charge in [0.2, 0.25) is 0 Å². The number of piperidine rings is 1. The molecule has 0 atom stereocenters. The van der Waals surface area contributed by atoms with E-state index < -0.39 is 0 Å². The SMILES string of the molecule is CNC1CCN(Cc2ccc(Cl)cc2)CC1. The first kappa shape index (κ1) is 11.9. The van der Waals surface area contributed by atoms with Gasteiger partial charge in [-0.05, 0) is 50.7 Å². The van der Waals surface area contributed by atoms with Gasteiger partial charge in [-0.1, -0.05) is 23.7 Å². The molecule has 1 aliphatic heterocycles. The van der Waals surface area contributed by atoms with Crippen LogP contribution in [0, 0.1) is 0 Å². The van der Waals surface area contributed by atoms with Gasteiger partial charge in [-0.25, -0.2) is 0 Å². The van der Waals surface area contributed by atoms with Crippen LogP contribution in [0.25, 0.3) is 0 Å². The Bertz CT molecular complexity index is 315. The van der Waals surface area contributed by atoms with Crippen molar-refractivity contribution in [2.45, 2.75) is 25.4 Å². The minimum Gasteiger partial charge on any atom is -0.317 e. The van der Waals surface area contributed by atoms with Crippen LogP contribution in [0.15, 0.2) is 24.3 Å². The maximum Gasteiger partial charge on any atom is 0.0406 e. The van der Waals surface area contributed by atoms with Crippen molar-refractivity contribution in [1.82, 2.24) is 10.2 Å². The van der Waals surface area contributed by atoms with E-state index in [1.807, 2.05) is 12.1 Å². The Balaban J connectivity index is 1.84. The quantitative estimate of drug-likeness (QED) is 0.871. The average Bonchev–Trinajstić information content (AvgIpc) is 2.33. The first-order valence-electron chi connectivity index (χ1n) is 5.92. The summed E-state index contributed by atoms with van der Waals surface area (Å²) < 4.78 is 0. The Morgan fingerprint density at radius 1 is 1.25 bits per heavy atom. The van der Waals surface area contributed by atoms with Gasteiger partial charge in [-0.15, -0.1) is 0 Å². The van der Waals surface area contributed by atoms with Crippen molar-refractivity contribution in [3.63, 3.8) is 0 Å². The Morgan fingerprint density at radius 3 is 2.44 bits per heavy atom. The highest BCUT2D eigenvalue weighted by atomic mass is 35.5. The van der Waals surface area contributed by atoms with Crippen molar-refractivity contribution in [3.05, 3.63) is 34.9 Å². The summed E-state index contributed by atoms with van der Waals surface area (Å²) in [4.78, 5) is 2.51. The minimum absolute atomic E-state index is 0.710. The Labute approximate surface area is 103 Å². The third-order valence-electron chi connectivity index (χ3n) is 3.32. The highest BCUT2D eigenvalue weighted by molar-refractivity contribution is 6.30. The molecule has 0 unspecified atom stereocenters. The molecule has 0 spiro atoms. The summed E-state index contributed by atoms with van der Waals surface area (Å²) in [5, 5.41) is 4.17. The fraction of sp³-hybridized carbons (Fsp3) is 0.538. The lowest BCUT2D eigenvalue weighted by molar-refractivity contribution is 0.194. The highest BCUT2D eigenvalue weighted by Gasteiger charge is 2.17. The van der Waals surface area contributed by atoms with Crippen molar-refractivity contribution in [3.8, 4) is 0 Å². The molecule has 88 valence electrons. The molecule has 1 aromatic carbocycles. The standard InChI is InChI=1S/C13H19ClN2/c1-15-13-6-8-16(9-7-13)10-11-2-4-12(14)5-3-11/h2-5,13,15H,6-10H2,1H3. The molecule has 2 rings (SSSR count). The van der Waals surface area contributed by atoms with E-state index in [4.69, 9.17) is 11.6 Å². The van der Waals surface area contributed by atoms with Gasteiger partial charge >= 0.3 is 0 Å². The van der Waals surface area contributed by atoms with Crippen LogP contribution >= 0.6 is 11.6 Å². The van der Waals surface area contributed by atoms with Crippen LogP contribution in [0.2, 0.25) is 5.02 Å². The van der Waals surface area contributed by atoms with Crippen molar-refractivity contribution in [2.24, 2.45) is 0 Å². The number of hydrogen-bond acceptors (Lipinski definition) is 2. The zero-order chi connectivity index (χ0) is 11.4. The van der Waals surface area contributed by atoms with Gasteiger partial charge in [-0.3, -0.25) is 4.90 Å². The molecule has 0 saturated carbocycles. The summed E-state index contributed by atoms with van der Waals surface area (Å²) in [6.45, 7) is 3.43. The zero-order valence-electron chi connectivity index (χ0n) is 9.75. The van der Waals surface area contributed by atoms with Crippen molar-refractivity contribution >= 4 is 11.6 Å². The van der Waals surface area contributed by atoms with E-state index in [-0.39, 0.29) is 0 Å². The van der Waals surface area contributed by atoms with Crippen LogP contribution < -0.4 is 5.32 Å². The van der Waals surface area contributed by atoms with Gasteiger partial charge in [0.15, 0.2) is 0 Å². The van der Waals surface area contributed by atoms with E-state index in [1.54, 1.807) is 0 Å². The van der Waals surface area contributed by atoms with E-state index >= 15 is 0 Å². The van der Waals surface area contributed by atoms with Gasteiger partial charge in [0.1, 0.15) is 0 Å². The topological polar surface area (TPSA) is 15.3 Å². The summed E-state index contributed by atoms with van der Waals surface area (Å²) in [6.07, 6.45) is 2.51. The number of likely N-dealkylation sites (tertiary alicyclic amines) is 1. The monoisotopic (exact) mass is 238 g/mol. The largest absolute Gasteiger partial charge is 0.317 e. The molecule has 0 aromatic heterocycles. The molecule has 16 heavy (non-hydrogen) atoms. The average molecular weight is 239 g/mol. The molecule has 3 heteroatoms. The maximum atomic E-state index is 5.87. The van der Waals surface area contributed by atoms with E-state index in [1.165, 1.54) is 31.5 Å². The second-order valence-electron chi connectivity index (χ2n) is 4.47. The van der Waals surface area contributed by atoms with Crippen LogP contribution in [0.4, 0.5) is 0 Å². The third-order valence-corrected chi connectivity index (χ3v) is 3.57. The number of halogens is 1. The van der Waals surface area contributed by atoms with Crippen molar-refractivity contribution < 1.29 is 0 Å². The van der Waals surface area contributed by atoms with Gasteiger partial charge in [0.25, 0.3) is 0 Å². The molecule has 1 fully saturated rings. The molecule has 1 heterocycles. The summed E-state index contributed by atoms with van der Waals surface area (Å²) >= 11 is 5.87. The molecule has 2 nitrogen and oxygen atoms in total. The van der Waals surface area contributed by atoms with E-state index in [2.05, 4.69) is 29.4 Å². The first-order valence-corrected chi connectivity index (χ1v) is 6.30. The molecule has 0 aliphatic carbocycles. The Hall–Kier alpha value is -0.570. The minimum atomic E-state index is 0.710. The third kappa shape index (κ3) is 3.21. The van der Waals surface area contributed by atoms with Crippen LogP contribution in [-0.4, -0.2) is 31.1 Å². The molecule has 1 saturated heterocycles. The number of benzene rings is 1. The van der Waals surface area contributed by atoms with Crippen LogP contribution in [-0.2, 0) is 6.54 Å². The number of rotatable bonds is 3. The molecule has 1 N–H and O–H groups in total. The summed E-state index contributed by atoms with van der Waals surface area (Å²) in [6, 6.07) is 8.88. The molecule has 0 radical (unpaired) electrons. The Kier molecular flexibility index (Phi) is 4.22. The lowest BCUT2D eigenvalue weighted by Crippen LogP contribution is -2.40. The number of nitrogens with zero attached hydrogens (tertiary/aromatic N) is 1. The van der Waals surface area contributed by atoms with Crippen LogP contribution in [0.3, 0.4) is 0 Å². The van der Waals surface area contributed by atoms with Crippen molar-refractivity contribution in [2.75, 3.05) is 20.1 Å². The first-order chi connectivity index (χ1) is 7.78. The fourth-order valence-corrected chi connectivity index (χ4v) is 2.35. The highest BCUT2D eigenvalue weighted by Crippen LogP contribution is 2.15. The lowest BCUT2D eigenvalue weighted by atomic mass is 10.0. The lowest BCUT2D eigenvalue weighted by Gasteiger charge is -2.31. The molecule has 0 amide bonds. The molecular formula is C13H19ClN2. The van der Waals surface area contributed by atoms with E-state index in [0.717, 1.165) is 11.6 Å². The Morgan fingerprint density at radius 2 is 1.88 bits per heavy atom. The molecule has 0 bridgehead atoms. The second-order valence-corrected chi connectivity index (χ2v) is 4.90. The fourth-order valence-electron chi connectivity index (χ4n) is 2.23. The van der Waals surface area contributed by atoms with E-state index in [9.17, 15) is 0 Å². The molecule has 1 aliphatic rings. The predicted octanol–water partition coefficient (Wildman–Crippen LogP) is 2.52. The molecular weight excluding hydrogens is 220 g/mol. The van der Waals surface area contributed by atoms with Gasteiger partial charge in [0.05, 0.1) is 0 Å². The zero-order valence-corrected chi connectivity index (χ0v) is 10.5. The normalized spacial score (nSPS) is 18.9. The van der Waals surface area contributed by atoms with Crippen molar-refractivity contribution in [1.29, 1.82) is 0 Å². The summed E-state index contributed by atoms with van der Waals surface area (Å²) in [5.74, 6) is 0. The summed E-state index contributed by atoms with van der Waals surface area (Å²) in [5.41, 5.74) is 1.35. The van der Waals surface area contributed by atoms with Crippen LogP contribution in [0.5, 0.6) is 0 Å². The molecule has 1 aromatic rings. The second kappa shape index (κ2) is 5.67. The van der Waals surface area contributed by atoms with Gasteiger partial charge in [0, 0.05) is 17.6 Å². The van der Waals surface area contributed by atoms with Gasteiger partial charge in [-0.2, -0.15) is 0 Å². The number of nitrogens with one attached hydrogen (secondary N) is 1. The maximum absolute atomic E-state index is 5.87. The predicted molar refractivity (Wildman–Crippen MR) is 68.8 cm³/mol. The number of hydrogen-bond donors (Lipinski definition) is 1. The van der Waals surface area contributed by atoms with Gasteiger partial charge < -0.3 is 5.32 Å². The van der Waals surface area contributed by atoms with E-state index in [0.29, 0.717) is 6.04 Å². The smallest absolute Gasteiger partial charge is 0.0406 e. The summed E-state index contributed by atoms with van der Waals surface area (Å²) in [7, 11) is 2.06. The van der Waals surface area contributed by atoms with Crippen LogP contribution in [0.1, 0.15) is 18.4 Å².